The lowest BCUT2D eigenvalue weighted by Gasteiger charge is -2.14. The third-order valence-electron chi connectivity index (χ3n) is 2.51. The topological polar surface area (TPSA) is 12.0 Å². The molecular weight excluding hydrogens is 206 g/mol. The largest absolute Gasteiger partial charge is 0.314 e. The fourth-order valence-corrected chi connectivity index (χ4v) is 1.80. The quantitative estimate of drug-likeness (QED) is 0.729. The smallest absolute Gasteiger partial charge is 0.0438 e. The zero-order valence-electron chi connectivity index (χ0n) is 9.59. The summed E-state index contributed by atoms with van der Waals surface area (Å²) in [7, 11) is 0. The van der Waals surface area contributed by atoms with Crippen LogP contribution in [-0.4, -0.2) is 12.6 Å². The van der Waals surface area contributed by atoms with E-state index in [0.29, 0.717) is 6.04 Å². The molecule has 0 aliphatic rings. The van der Waals surface area contributed by atoms with Crippen LogP contribution >= 0.6 is 11.6 Å². The summed E-state index contributed by atoms with van der Waals surface area (Å²) >= 11 is 6.10. The highest BCUT2D eigenvalue weighted by atomic mass is 35.5. The molecule has 0 aliphatic heterocycles. The Balaban J connectivity index is 2.37. The Morgan fingerprint density at radius 1 is 1.33 bits per heavy atom. The van der Waals surface area contributed by atoms with Crippen LogP contribution in [0, 0.1) is 0 Å². The summed E-state index contributed by atoms with van der Waals surface area (Å²) in [6.45, 7) is 5.52. The van der Waals surface area contributed by atoms with E-state index in [2.05, 4.69) is 25.2 Å². The Bertz CT molecular complexity index is 286. The van der Waals surface area contributed by atoms with E-state index in [1.807, 2.05) is 18.2 Å². The number of hydrogen-bond donors (Lipinski definition) is 1. The second kappa shape index (κ2) is 6.86. The van der Waals surface area contributed by atoms with Crippen LogP contribution in [0.15, 0.2) is 24.3 Å². The second-order valence-corrected chi connectivity index (χ2v) is 4.41. The molecule has 0 bridgehead atoms. The van der Waals surface area contributed by atoms with Gasteiger partial charge in [-0.25, -0.2) is 0 Å². The van der Waals surface area contributed by atoms with E-state index in [4.69, 9.17) is 11.6 Å². The fraction of sp³-hybridized carbons (Fsp3) is 0.538. The predicted octanol–water partition coefficient (Wildman–Crippen LogP) is 3.66. The lowest BCUT2D eigenvalue weighted by atomic mass is 10.1. The average Bonchev–Trinajstić information content (AvgIpc) is 2.22. The first-order valence-electron chi connectivity index (χ1n) is 5.70. The van der Waals surface area contributed by atoms with Crippen LogP contribution < -0.4 is 5.32 Å². The maximum absolute atomic E-state index is 6.10. The molecule has 1 rings (SSSR count). The van der Waals surface area contributed by atoms with Crippen molar-refractivity contribution in [2.45, 2.75) is 39.2 Å². The van der Waals surface area contributed by atoms with Crippen LogP contribution in [0.5, 0.6) is 0 Å². The SMILES string of the molecule is CCCCNC(C)Cc1ccccc1Cl. The van der Waals surface area contributed by atoms with Crippen molar-refractivity contribution < 1.29 is 0 Å². The Labute approximate surface area is 97.8 Å². The zero-order valence-corrected chi connectivity index (χ0v) is 10.3. The van der Waals surface area contributed by atoms with E-state index in [9.17, 15) is 0 Å². The van der Waals surface area contributed by atoms with Crippen LogP contribution in [0.25, 0.3) is 0 Å². The molecule has 1 unspecified atom stereocenters. The molecule has 0 fully saturated rings. The molecule has 2 heteroatoms. The first-order valence-corrected chi connectivity index (χ1v) is 6.08. The molecule has 0 heterocycles. The van der Waals surface area contributed by atoms with E-state index in [1.54, 1.807) is 0 Å². The van der Waals surface area contributed by atoms with Gasteiger partial charge in [0, 0.05) is 11.1 Å². The van der Waals surface area contributed by atoms with Crippen molar-refractivity contribution in [1.29, 1.82) is 0 Å². The second-order valence-electron chi connectivity index (χ2n) is 4.00. The maximum atomic E-state index is 6.10. The summed E-state index contributed by atoms with van der Waals surface area (Å²) in [4.78, 5) is 0. The lowest BCUT2D eigenvalue weighted by Crippen LogP contribution is -2.28. The third kappa shape index (κ3) is 4.67. The number of benzene rings is 1. The highest BCUT2D eigenvalue weighted by Crippen LogP contribution is 2.16. The number of halogens is 1. The van der Waals surface area contributed by atoms with Crippen molar-refractivity contribution in [3.8, 4) is 0 Å². The summed E-state index contributed by atoms with van der Waals surface area (Å²) in [5.41, 5.74) is 1.23. The van der Waals surface area contributed by atoms with E-state index >= 15 is 0 Å². The normalized spacial score (nSPS) is 12.7. The monoisotopic (exact) mass is 225 g/mol. The third-order valence-corrected chi connectivity index (χ3v) is 2.88. The van der Waals surface area contributed by atoms with Gasteiger partial charge in [0.15, 0.2) is 0 Å². The molecule has 1 nitrogen and oxygen atoms in total. The molecule has 0 aliphatic carbocycles. The van der Waals surface area contributed by atoms with Crippen molar-refractivity contribution in [2.75, 3.05) is 6.54 Å². The van der Waals surface area contributed by atoms with Crippen LogP contribution in [0.2, 0.25) is 5.02 Å². The van der Waals surface area contributed by atoms with Gasteiger partial charge in [-0.05, 0) is 37.9 Å². The molecule has 0 saturated heterocycles. The highest BCUT2D eigenvalue weighted by Gasteiger charge is 2.04. The first kappa shape index (κ1) is 12.5. The summed E-state index contributed by atoms with van der Waals surface area (Å²) in [5, 5.41) is 4.38. The molecular formula is C13H20ClN. The van der Waals surface area contributed by atoms with E-state index in [1.165, 1.54) is 18.4 Å². The van der Waals surface area contributed by atoms with Crippen molar-refractivity contribution in [3.63, 3.8) is 0 Å². The van der Waals surface area contributed by atoms with Crippen LogP contribution in [0.1, 0.15) is 32.3 Å². The van der Waals surface area contributed by atoms with Crippen LogP contribution in [0.4, 0.5) is 0 Å². The summed E-state index contributed by atoms with van der Waals surface area (Å²) in [6, 6.07) is 8.56. The predicted molar refractivity (Wildman–Crippen MR) is 67.5 cm³/mol. The number of unbranched alkanes of at least 4 members (excludes halogenated alkanes) is 1. The minimum Gasteiger partial charge on any atom is -0.314 e. The van der Waals surface area contributed by atoms with E-state index < -0.39 is 0 Å². The Kier molecular flexibility index (Phi) is 5.74. The van der Waals surface area contributed by atoms with Crippen molar-refractivity contribution in [3.05, 3.63) is 34.9 Å². The van der Waals surface area contributed by atoms with E-state index in [0.717, 1.165) is 18.0 Å². The van der Waals surface area contributed by atoms with E-state index in [-0.39, 0.29) is 0 Å². The van der Waals surface area contributed by atoms with Gasteiger partial charge in [-0.15, -0.1) is 0 Å². The fourth-order valence-electron chi connectivity index (χ4n) is 1.59. The van der Waals surface area contributed by atoms with Gasteiger partial charge >= 0.3 is 0 Å². The van der Waals surface area contributed by atoms with Crippen molar-refractivity contribution in [1.82, 2.24) is 5.32 Å². The molecule has 0 spiro atoms. The lowest BCUT2D eigenvalue weighted by molar-refractivity contribution is 0.531. The van der Waals surface area contributed by atoms with Gasteiger partial charge in [0.2, 0.25) is 0 Å². The number of rotatable bonds is 6. The Morgan fingerprint density at radius 3 is 2.73 bits per heavy atom. The molecule has 0 aromatic heterocycles. The molecule has 1 aromatic carbocycles. The number of nitrogens with one attached hydrogen (secondary N) is 1. The molecule has 1 aromatic rings. The molecule has 84 valence electrons. The molecule has 1 atom stereocenters. The number of hydrogen-bond acceptors (Lipinski definition) is 1. The molecule has 0 amide bonds. The molecule has 15 heavy (non-hydrogen) atoms. The van der Waals surface area contributed by atoms with Gasteiger partial charge in [0.1, 0.15) is 0 Å². The maximum Gasteiger partial charge on any atom is 0.0438 e. The summed E-state index contributed by atoms with van der Waals surface area (Å²) in [5.74, 6) is 0. The zero-order chi connectivity index (χ0) is 11.1. The Hall–Kier alpha value is -0.530. The molecule has 1 N–H and O–H groups in total. The highest BCUT2D eigenvalue weighted by molar-refractivity contribution is 6.31. The minimum atomic E-state index is 0.497. The van der Waals surface area contributed by atoms with Gasteiger partial charge in [-0.3, -0.25) is 0 Å². The van der Waals surface area contributed by atoms with Crippen molar-refractivity contribution >= 4 is 11.6 Å². The van der Waals surface area contributed by atoms with Gasteiger partial charge in [-0.2, -0.15) is 0 Å². The van der Waals surface area contributed by atoms with Crippen molar-refractivity contribution in [2.24, 2.45) is 0 Å². The molecule has 0 radical (unpaired) electrons. The average molecular weight is 226 g/mol. The van der Waals surface area contributed by atoms with Gasteiger partial charge in [0.05, 0.1) is 0 Å². The van der Waals surface area contributed by atoms with Gasteiger partial charge in [-0.1, -0.05) is 43.1 Å². The van der Waals surface area contributed by atoms with Gasteiger partial charge in [0.25, 0.3) is 0 Å². The standard InChI is InChI=1S/C13H20ClN/c1-3-4-9-15-11(2)10-12-7-5-6-8-13(12)14/h5-8,11,15H,3-4,9-10H2,1-2H3. The summed E-state index contributed by atoms with van der Waals surface area (Å²) < 4.78 is 0. The summed E-state index contributed by atoms with van der Waals surface area (Å²) in [6.07, 6.45) is 3.49. The first-order chi connectivity index (χ1) is 7.24. The Morgan fingerprint density at radius 2 is 2.07 bits per heavy atom. The molecule has 0 saturated carbocycles. The van der Waals surface area contributed by atoms with Crippen LogP contribution in [-0.2, 0) is 6.42 Å². The van der Waals surface area contributed by atoms with Crippen LogP contribution in [0.3, 0.4) is 0 Å². The van der Waals surface area contributed by atoms with Gasteiger partial charge < -0.3 is 5.32 Å². The minimum absolute atomic E-state index is 0.497.